The van der Waals surface area contributed by atoms with E-state index in [1.54, 1.807) is 17.1 Å². The maximum absolute atomic E-state index is 6.08. The highest BCUT2D eigenvalue weighted by Gasteiger charge is 2.17. The lowest BCUT2D eigenvalue weighted by Gasteiger charge is -2.14. The average molecular weight is 284 g/mol. The van der Waals surface area contributed by atoms with E-state index in [0.717, 1.165) is 29.8 Å². The monoisotopic (exact) mass is 284 g/mol. The number of ether oxygens (including phenoxy) is 1. The molecule has 0 bridgehead atoms. The predicted molar refractivity (Wildman–Crippen MR) is 83.7 cm³/mol. The van der Waals surface area contributed by atoms with Crippen molar-refractivity contribution in [3.63, 3.8) is 0 Å². The lowest BCUT2D eigenvalue weighted by Crippen LogP contribution is -2.12. The number of aromatic nitrogens is 2. The third kappa shape index (κ3) is 3.24. The molecule has 1 fully saturated rings. The number of rotatable bonds is 4. The Balaban J connectivity index is 1.79. The summed E-state index contributed by atoms with van der Waals surface area (Å²) in [4.78, 5) is 4.12. The molecule has 0 atom stereocenters. The van der Waals surface area contributed by atoms with E-state index < -0.39 is 0 Å². The van der Waals surface area contributed by atoms with Crippen molar-refractivity contribution in [1.82, 2.24) is 9.66 Å². The van der Waals surface area contributed by atoms with E-state index in [0.29, 0.717) is 12.1 Å². The molecule has 2 aromatic rings. The van der Waals surface area contributed by atoms with Crippen LogP contribution in [0.4, 0.5) is 5.95 Å². The van der Waals surface area contributed by atoms with Gasteiger partial charge in [0.25, 0.3) is 0 Å². The standard InChI is InChI=1S/C16H20N4O/c1-12-11-20(16(17)19-12)18-10-13-6-2-5-9-15(13)21-14-7-3-4-8-14/h2,5-6,9-11,14H,3-4,7-8H2,1H3,(H2,17,19). The first kappa shape index (κ1) is 13.7. The Morgan fingerprint density at radius 1 is 1.33 bits per heavy atom. The fourth-order valence-corrected chi connectivity index (χ4v) is 2.60. The number of hydrogen-bond donors (Lipinski definition) is 1. The van der Waals surface area contributed by atoms with Crippen LogP contribution in [-0.2, 0) is 0 Å². The van der Waals surface area contributed by atoms with E-state index in [9.17, 15) is 0 Å². The number of nitrogens with zero attached hydrogens (tertiary/aromatic N) is 3. The second-order valence-electron chi connectivity index (χ2n) is 5.39. The van der Waals surface area contributed by atoms with E-state index in [2.05, 4.69) is 10.1 Å². The van der Waals surface area contributed by atoms with Gasteiger partial charge in [0.15, 0.2) is 0 Å². The van der Waals surface area contributed by atoms with Crippen LogP contribution in [0.2, 0.25) is 0 Å². The first-order chi connectivity index (χ1) is 10.2. The van der Waals surface area contributed by atoms with Crippen LogP contribution in [0.5, 0.6) is 5.75 Å². The molecule has 1 aliphatic rings. The minimum Gasteiger partial charge on any atom is -0.490 e. The number of aryl methyl sites for hydroxylation is 1. The molecule has 3 rings (SSSR count). The van der Waals surface area contributed by atoms with Crippen molar-refractivity contribution < 1.29 is 4.74 Å². The third-order valence-electron chi connectivity index (χ3n) is 3.67. The van der Waals surface area contributed by atoms with E-state index in [1.807, 2.05) is 31.2 Å². The molecular formula is C16H20N4O. The Labute approximate surface area is 124 Å². The molecule has 5 nitrogen and oxygen atoms in total. The van der Waals surface area contributed by atoms with E-state index in [4.69, 9.17) is 10.5 Å². The molecule has 0 unspecified atom stereocenters. The lowest BCUT2D eigenvalue weighted by atomic mass is 10.2. The zero-order valence-electron chi connectivity index (χ0n) is 12.2. The van der Waals surface area contributed by atoms with Crippen molar-refractivity contribution in [2.75, 3.05) is 5.73 Å². The van der Waals surface area contributed by atoms with Gasteiger partial charge in [-0.15, -0.1) is 0 Å². The van der Waals surface area contributed by atoms with Crippen LogP contribution in [0.15, 0.2) is 35.6 Å². The Hall–Kier alpha value is -2.30. The van der Waals surface area contributed by atoms with Crippen LogP contribution < -0.4 is 10.5 Å². The highest BCUT2D eigenvalue weighted by Crippen LogP contribution is 2.25. The van der Waals surface area contributed by atoms with Crippen molar-refractivity contribution in [3.05, 3.63) is 41.7 Å². The SMILES string of the molecule is Cc1cn(N=Cc2ccccc2OC2CCCC2)c(N)n1. The summed E-state index contributed by atoms with van der Waals surface area (Å²) in [7, 11) is 0. The molecule has 0 radical (unpaired) electrons. The fourth-order valence-electron chi connectivity index (χ4n) is 2.60. The average Bonchev–Trinajstić information content (AvgIpc) is 3.08. The van der Waals surface area contributed by atoms with Gasteiger partial charge in [-0.3, -0.25) is 0 Å². The van der Waals surface area contributed by atoms with Gasteiger partial charge in [0.2, 0.25) is 5.95 Å². The quantitative estimate of drug-likeness (QED) is 0.878. The van der Waals surface area contributed by atoms with Gasteiger partial charge in [-0.2, -0.15) is 5.10 Å². The van der Waals surface area contributed by atoms with Crippen molar-refractivity contribution in [3.8, 4) is 5.75 Å². The van der Waals surface area contributed by atoms with Crippen LogP contribution in [-0.4, -0.2) is 22.0 Å². The predicted octanol–water partition coefficient (Wildman–Crippen LogP) is 2.98. The molecule has 1 aromatic heterocycles. The van der Waals surface area contributed by atoms with Crippen LogP contribution in [0.25, 0.3) is 0 Å². The van der Waals surface area contributed by atoms with Crippen LogP contribution >= 0.6 is 0 Å². The molecule has 1 saturated carbocycles. The first-order valence-corrected chi connectivity index (χ1v) is 7.34. The number of imidazole rings is 1. The summed E-state index contributed by atoms with van der Waals surface area (Å²) in [5.41, 5.74) is 7.58. The summed E-state index contributed by atoms with van der Waals surface area (Å²) >= 11 is 0. The minimum atomic E-state index is 0.333. The fraction of sp³-hybridized carbons (Fsp3) is 0.375. The topological polar surface area (TPSA) is 65.4 Å². The van der Waals surface area contributed by atoms with Gasteiger partial charge in [-0.05, 0) is 44.7 Å². The molecule has 2 N–H and O–H groups in total. The largest absolute Gasteiger partial charge is 0.490 e. The van der Waals surface area contributed by atoms with Crippen molar-refractivity contribution in [2.24, 2.45) is 5.10 Å². The Morgan fingerprint density at radius 3 is 2.81 bits per heavy atom. The summed E-state index contributed by atoms with van der Waals surface area (Å²) in [5.74, 6) is 1.27. The highest BCUT2D eigenvalue weighted by atomic mass is 16.5. The Bertz CT molecular complexity index is 641. The molecule has 1 aliphatic carbocycles. The molecular weight excluding hydrogens is 264 g/mol. The zero-order valence-corrected chi connectivity index (χ0v) is 12.2. The maximum Gasteiger partial charge on any atom is 0.221 e. The molecule has 5 heteroatoms. The number of para-hydroxylation sites is 1. The molecule has 0 aliphatic heterocycles. The lowest BCUT2D eigenvalue weighted by molar-refractivity contribution is 0.209. The van der Waals surface area contributed by atoms with Gasteiger partial charge in [-0.1, -0.05) is 12.1 Å². The van der Waals surface area contributed by atoms with Gasteiger partial charge in [0.05, 0.1) is 24.2 Å². The smallest absolute Gasteiger partial charge is 0.221 e. The molecule has 21 heavy (non-hydrogen) atoms. The van der Waals surface area contributed by atoms with Gasteiger partial charge < -0.3 is 10.5 Å². The minimum absolute atomic E-state index is 0.333. The number of nitrogen functional groups attached to an aromatic ring is 1. The normalized spacial score (nSPS) is 15.9. The summed E-state index contributed by atoms with van der Waals surface area (Å²) in [6, 6.07) is 7.94. The second kappa shape index (κ2) is 5.99. The number of benzene rings is 1. The molecule has 110 valence electrons. The number of anilines is 1. The highest BCUT2D eigenvalue weighted by molar-refractivity contribution is 5.83. The van der Waals surface area contributed by atoms with Crippen molar-refractivity contribution >= 4 is 12.2 Å². The second-order valence-corrected chi connectivity index (χ2v) is 5.39. The molecule has 0 amide bonds. The van der Waals surface area contributed by atoms with Crippen molar-refractivity contribution in [1.29, 1.82) is 0 Å². The maximum atomic E-state index is 6.08. The van der Waals surface area contributed by atoms with Gasteiger partial charge in [0.1, 0.15) is 5.75 Å². The summed E-state index contributed by atoms with van der Waals surface area (Å²) in [5, 5.41) is 4.36. The molecule has 0 spiro atoms. The van der Waals surface area contributed by atoms with E-state index in [-0.39, 0.29) is 0 Å². The van der Waals surface area contributed by atoms with Crippen molar-refractivity contribution in [2.45, 2.75) is 38.7 Å². The van der Waals surface area contributed by atoms with E-state index >= 15 is 0 Å². The molecule has 1 heterocycles. The third-order valence-corrected chi connectivity index (χ3v) is 3.67. The number of hydrogen-bond acceptors (Lipinski definition) is 4. The van der Waals surface area contributed by atoms with Crippen LogP contribution in [0.3, 0.4) is 0 Å². The Morgan fingerprint density at radius 2 is 2.10 bits per heavy atom. The molecule has 0 saturated heterocycles. The first-order valence-electron chi connectivity index (χ1n) is 7.34. The van der Waals surface area contributed by atoms with Crippen LogP contribution in [0, 0.1) is 6.92 Å². The summed E-state index contributed by atoms with van der Waals surface area (Å²) < 4.78 is 7.65. The Kier molecular flexibility index (Phi) is 3.90. The van der Waals surface area contributed by atoms with E-state index in [1.165, 1.54) is 12.8 Å². The zero-order chi connectivity index (χ0) is 14.7. The van der Waals surface area contributed by atoms with Gasteiger partial charge >= 0.3 is 0 Å². The van der Waals surface area contributed by atoms with Crippen LogP contribution in [0.1, 0.15) is 36.9 Å². The molecule has 1 aromatic carbocycles. The summed E-state index contributed by atoms with van der Waals surface area (Å²) in [6.45, 7) is 1.89. The summed E-state index contributed by atoms with van der Waals surface area (Å²) in [6.07, 6.45) is 8.68. The van der Waals surface area contributed by atoms with Gasteiger partial charge in [-0.25, -0.2) is 9.66 Å². The number of nitrogens with two attached hydrogens (primary N) is 1. The van der Waals surface area contributed by atoms with Gasteiger partial charge in [0, 0.05) is 5.56 Å².